The summed E-state index contributed by atoms with van der Waals surface area (Å²) >= 11 is 0. The molecule has 5 nitrogen and oxygen atoms in total. The van der Waals surface area contributed by atoms with Crippen molar-refractivity contribution in [2.24, 2.45) is 5.73 Å². The average Bonchev–Trinajstić information content (AvgIpc) is 2.66. The van der Waals surface area contributed by atoms with E-state index in [0.29, 0.717) is 0 Å². The van der Waals surface area contributed by atoms with E-state index in [1.807, 2.05) is 6.08 Å². The summed E-state index contributed by atoms with van der Waals surface area (Å²) in [4.78, 5) is 14.3. The minimum Gasteiger partial charge on any atom is -0.373 e. The summed E-state index contributed by atoms with van der Waals surface area (Å²) in [7, 11) is 0. The van der Waals surface area contributed by atoms with Crippen LogP contribution in [0.1, 0.15) is 30.5 Å². The van der Waals surface area contributed by atoms with Crippen molar-refractivity contribution < 1.29 is 13.9 Å². The third-order valence-electron chi connectivity index (χ3n) is 5.38. The van der Waals surface area contributed by atoms with E-state index in [9.17, 15) is 9.18 Å². The second-order valence-corrected chi connectivity index (χ2v) is 7.94. The predicted octanol–water partition coefficient (Wildman–Crippen LogP) is 3.15. The first kappa shape index (κ1) is 19.6. The van der Waals surface area contributed by atoms with Gasteiger partial charge in [0.2, 0.25) is 5.91 Å². The maximum absolute atomic E-state index is 13.4. The van der Waals surface area contributed by atoms with Gasteiger partial charge < -0.3 is 15.8 Å². The molecule has 2 aromatic rings. The highest BCUT2D eigenvalue weighted by molar-refractivity contribution is 5.96. The smallest absolute Gasteiger partial charge is 0.243 e. The Hall–Kier alpha value is -2.70. The molecule has 0 spiro atoms. The van der Waals surface area contributed by atoms with Gasteiger partial charge in [-0.1, -0.05) is 24.3 Å². The van der Waals surface area contributed by atoms with Gasteiger partial charge in [-0.25, -0.2) is 4.39 Å². The molecular weight excluding hydrogens is 369 g/mol. The summed E-state index contributed by atoms with van der Waals surface area (Å²) in [6.07, 6.45) is 2.23. The highest BCUT2D eigenvalue weighted by atomic mass is 19.1. The van der Waals surface area contributed by atoms with Crippen molar-refractivity contribution in [3.8, 4) is 0 Å². The van der Waals surface area contributed by atoms with Crippen LogP contribution >= 0.6 is 0 Å². The molecule has 2 aromatic carbocycles. The zero-order chi connectivity index (χ0) is 20.5. The Labute approximate surface area is 170 Å². The number of hydrogen-bond donors (Lipinski definition) is 2. The van der Waals surface area contributed by atoms with Crippen molar-refractivity contribution >= 4 is 17.2 Å². The summed E-state index contributed by atoms with van der Waals surface area (Å²) < 4.78 is 19.2. The molecule has 3 N–H and O–H groups in total. The molecule has 152 valence electrons. The Bertz CT molecular complexity index is 932. The van der Waals surface area contributed by atoms with E-state index >= 15 is 0 Å². The Kier molecular flexibility index (Phi) is 5.39. The molecule has 0 saturated carbocycles. The van der Waals surface area contributed by atoms with Crippen LogP contribution in [0.2, 0.25) is 0 Å². The number of nitrogens with two attached hydrogens (primary N) is 1. The Morgan fingerprint density at radius 1 is 1.17 bits per heavy atom. The summed E-state index contributed by atoms with van der Waals surface area (Å²) in [5, 5.41) is 3.23. The standard InChI is InChI=1S/C23H26FN3O2/c1-14-11-27(12-15(2)29-14)13-16-3-8-19-20(17-4-6-18(24)7-5-17)10-22(23(25)28)26-21(19)9-16/h3-10,14-15,22,26H,11-13H2,1-2H3,(H2,25,28). The first-order valence-electron chi connectivity index (χ1n) is 9.94. The molecule has 2 heterocycles. The minimum atomic E-state index is -0.610. The van der Waals surface area contributed by atoms with Crippen molar-refractivity contribution in [1.82, 2.24) is 4.90 Å². The van der Waals surface area contributed by atoms with Crippen LogP contribution in [-0.4, -0.2) is 42.1 Å². The third kappa shape index (κ3) is 4.33. The maximum atomic E-state index is 13.4. The SMILES string of the molecule is CC1CN(Cc2ccc3c(c2)NC(C(N)=O)C=C3c2ccc(F)cc2)CC(C)O1. The van der Waals surface area contributed by atoms with Crippen LogP contribution in [0.4, 0.5) is 10.1 Å². The zero-order valence-corrected chi connectivity index (χ0v) is 16.7. The summed E-state index contributed by atoms with van der Waals surface area (Å²) in [5.74, 6) is -0.740. The molecule has 4 rings (SSSR count). The second-order valence-electron chi connectivity index (χ2n) is 7.94. The normalized spacial score (nSPS) is 24.4. The lowest BCUT2D eigenvalue weighted by molar-refractivity contribution is -0.117. The predicted molar refractivity (Wildman–Crippen MR) is 112 cm³/mol. The molecule has 1 amide bonds. The zero-order valence-electron chi connectivity index (χ0n) is 16.7. The number of carbonyl (C=O) groups excluding carboxylic acids is 1. The van der Waals surface area contributed by atoms with Gasteiger partial charge in [0.05, 0.1) is 12.2 Å². The summed E-state index contributed by atoms with van der Waals surface area (Å²) in [6, 6.07) is 11.9. The summed E-state index contributed by atoms with van der Waals surface area (Å²) in [5.41, 5.74) is 10.3. The monoisotopic (exact) mass is 395 g/mol. The molecule has 0 radical (unpaired) electrons. The Morgan fingerprint density at radius 2 is 1.86 bits per heavy atom. The van der Waals surface area contributed by atoms with Gasteiger partial charge in [-0.15, -0.1) is 0 Å². The second kappa shape index (κ2) is 7.97. The quantitative estimate of drug-likeness (QED) is 0.835. The lowest BCUT2D eigenvalue weighted by Crippen LogP contribution is -2.44. The van der Waals surface area contributed by atoms with Gasteiger partial charge >= 0.3 is 0 Å². The molecule has 3 atom stereocenters. The van der Waals surface area contributed by atoms with Crippen molar-refractivity contribution in [2.75, 3.05) is 18.4 Å². The maximum Gasteiger partial charge on any atom is 0.243 e. The van der Waals surface area contributed by atoms with Crippen LogP contribution in [0.15, 0.2) is 48.5 Å². The molecule has 2 aliphatic heterocycles. The van der Waals surface area contributed by atoms with Gasteiger partial charge in [0.25, 0.3) is 0 Å². The third-order valence-corrected chi connectivity index (χ3v) is 5.38. The number of primary amides is 1. The largest absolute Gasteiger partial charge is 0.373 e. The number of fused-ring (bicyclic) bond motifs is 1. The van der Waals surface area contributed by atoms with E-state index in [4.69, 9.17) is 10.5 Å². The highest BCUT2D eigenvalue weighted by Crippen LogP contribution is 2.35. The first-order valence-corrected chi connectivity index (χ1v) is 9.94. The number of halogens is 1. The molecule has 3 unspecified atom stereocenters. The lowest BCUT2D eigenvalue weighted by atomic mass is 9.90. The lowest BCUT2D eigenvalue weighted by Gasteiger charge is -2.35. The van der Waals surface area contributed by atoms with E-state index < -0.39 is 11.9 Å². The van der Waals surface area contributed by atoms with Crippen LogP contribution in [0.3, 0.4) is 0 Å². The van der Waals surface area contributed by atoms with E-state index in [2.05, 4.69) is 42.3 Å². The highest BCUT2D eigenvalue weighted by Gasteiger charge is 2.25. The topological polar surface area (TPSA) is 67.6 Å². The van der Waals surface area contributed by atoms with Gasteiger partial charge in [-0.3, -0.25) is 9.69 Å². The van der Waals surface area contributed by atoms with Crippen LogP contribution < -0.4 is 11.1 Å². The molecule has 1 fully saturated rings. The van der Waals surface area contributed by atoms with Gasteiger partial charge in [0.15, 0.2) is 0 Å². The number of benzene rings is 2. The molecule has 0 bridgehead atoms. The number of nitrogens with one attached hydrogen (secondary N) is 1. The number of morpholine rings is 1. The van der Waals surface area contributed by atoms with E-state index in [-0.39, 0.29) is 18.0 Å². The van der Waals surface area contributed by atoms with Crippen LogP contribution in [0.5, 0.6) is 0 Å². The van der Waals surface area contributed by atoms with Crippen LogP contribution in [0, 0.1) is 5.82 Å². The van der Waals surface area contributed by atoms with Crippen molar-refractivity contribution in [2.45, 2.75) is 38.6 Å². The molecule has 1 saturated heterocycles. The molecular formula is C23H26FN3O2. The van der Waals surface area contributed by atoms with Crippen LogP contribution in [-0.2, 0) is 16.1 Å². The number of amides is 1. The number of nitrogens with zero attached hydrogens (tertiary/aromatic N) is 1. The van der Waals surface area contributed by atoms with E-state index in [1.165, 1.54) is 12.1 Å². The summed E-state index contributed by atoms with van der Waals surface area (Å²) in [6.45, 7) is 6.77. The fraction of sp³-hybridized carbons (Fsp3) is 0.348. The van der Waals surface area contributed by atoms with Gasteiger partial charge in [-0.05, 0) is 54.8 Å². The number of rotatable bonds is 4. The minimum absolute atomic E-state index is 0.210. The van der Waals surface area contributed by atoms with Crippen molar-refractivity contribution in [3.63, 3.8) is 0 Å². The number of ether oxygens (including phenoxy) is 1. The van der Waals surface area contributed by atoms with Crippen molar-refractivity contribution in [3.05, 3.63) is 71.0 Å². The first-order chi connectivity index (χ1) is 13.9. The Morgan fingerprint density at radius 3 is 2.52 bits per heavy atom. The number of carbonyl (C=O) groups is 1. The van der Waals surface area contributed by atoms with E-state index in [1.54, 1.807) is 12.1 Å². The fourth-order valence-corrected chi connectivity index (χ4v) is 4.22. The molecule has 6 heteroatoms. The van der Waals surface area contributed by atoms with Gasteiger partial charge in [-0.2, -0.15) is 0 Å². The van der Waals surface area contributed by atoms with Crippen LogP contribution in [0.25, 0.3) is 5.57 Å². The molecule has 0 aliphatic carbocycles. The van der Waals surface area contributed by atoms with Crippen molar-refractivity contribution in [1.29, 1.82) is 0 Å². The number of anilines is 1. The average molecular weight is 395 g/mol. The van der Waals surface area contributed by atoms with Gasteiger partial charge in [0.1, 0.15) is 11.9 Å². The number of hydrogen-bond acceptors (Lipinski definition) is 4. The van der Waals surface area contributed by atoms with Gasteiger partial charge in [0, 0.05) is 30.9 Å². The molecule has 29 heavy (non-hydrogen) atoms. The van der Waals surface area contributed by atoms with E-state index in [0.717, 1.165) is 47.6 Å². The Balaban J connectivity index is 1.64. The molecule has 2 aliphatic rings. The fourth-order valence-electron chi connectivity index (χ4n) is 4.22. The molecule has 0 aromatic heterocycles.